The fourth-order valence-electron chi connectivity index (χ4n) is 3.34. The van der Waals surface area contributed by atoms with Crippen molar-refractivity contribution in [2.24, 2.45) is 0 Å². The Kier molecular flexibility index (Phi) is 6.02. The molecule has 2 aliphatic heterocycles. The number of hydrogen-bond donors (Lipinski definition) is 2. The number of aliphatic hydroxyl groups is 1. The number of amides is 2. The number of β-amino-alcohol motifs (C(OH)–C–C–N with tert-alkyl or cyclic N) is 1. The van der Waals surface area contributed by atoms with Crippen LogP contribution in [0.4, 0.5) is 9.59 Å². The number of hydrogen-bond acceptors (Lipinski definition) is 7. The van der Waals surface area contributed by atoms with E-state index < -0.39 is 29.9 Å². The molecule has 160 valence electrons. The third kappa shape index (κ3) is 5.20. The van der Waals surface area contributed by atoms with Crippen molar-refractivity contribution in [3.63, 3.8) is 0 Å². The molecule has 3 rings (SSSR count). The van der Waals surface area contributed by atoms with Crippen molar-refractivity contribution in [3.8, 4) is 11.5 Å². The van der Waals surface area contributed by atoms with Gasteiger partial charge in [0.25, 0.3) is 0 Å². The van der Waals surface area contributed by atoms with Crippen LogP contribution in [-0.2, 0) is 11.3 Å². The lowest BCUT2D eigenvalue weighted by atomic mass is 10.00. The number of aliphatic hydroxyl groups excluding tert-OH is 1. The normalized spacial score (nSPS) is 21.4. The average molecular weight is 409 g/mol. The molecule has 0 bridgehead atoms. The Hall–Kier alpha value is -2.75. The number of carbonyl (C=O) groups excluding carboxylic acids is 1. The molecule has 0 spiro atoms. The van der Waals surface area contributed by atoms with Crippen LogP contribution >= 0.6 is 0 Å². The van der Waals surface area contributed by atoms with Crippen molar-refractivity contribution >= 4 is 12.2 Å². The van der Waals surface area contributed by atoms with Gasteiger partial charge in [-0.3, -0.25) is 9.88 Å². The number of likely N-dealkylation sites (tertiary alicyclic amines) is 1. The molecule has 1 fully saturated rings. The Morgan fingerprint density at radius 2 is 2.00 bits per heavy atom. The van der Waals surface area contributed by atoms with Gasteiger partial charge in [-0.25, -0.2) is 9.59 Å². The van der Waals surface area contributed by atoms with Crippen LogP contribution in [-0.4, -0.2) is 81.2 Å². The van der Waals surface area contributed by atoms with Crippen LogP contribution in [0.1, 0.15) is 32.9 Å². The van der Waals surface area contributed by atoms with E-state index in [2.05, 4.69) is 4.98 Å². The van der Waals surface area contributed by atoms with Gasteiger partial charge in [-0.1, -0.05) is 0 Å². The van der Waals surface area contributed by atoms with Crippen molar-refractivity contribution < 1.29 is 34.0 Å². The minimum atomic E-state index is -1.10. The summed E-state index contributed by atoms with van der Waals surface area (Å²) in [5, 5.41) is 19.7. The Morgan fingerprint density at radius 1 is 1.31 bits per heavy atom. The summed E-state index contributed by atoms with van der Waals surface area (Å²) in [6, 6.07) is 1.10. The van der Waals surface area contributed by atoms with E-state index in [4.69, 9.17) is 19.3 Å². The number of nitrogens with zero attached hydrogens (tertiary/aromatic N) is 3. The maximum Gasteiger partial charge on any atom is 0.410 e. The molecule has 2 aliphatic rings. The third-order valence-corrected chi connectivity index (χ3v) is 4.66. The van der Waals surface area contributed by atoms with Crippen LogP contribution in [0.5, 0.6) is 11.5 Å². The van der Waals surface area contributed by atoms with Crippen LogP contribution in [0, 0.1) is 0 Å². The van der Waals surface area contributed by atoms with E-state index in [-0.39, 0.29) is 26.1 Å². The summed E-state index contributed by atoms with van der Waals surface area (Å²) in [5.41, 5.74) is -0.171. The van der Waals surface area contributed by atoms with Crippen molar-refractivity contribution in [3.05, 3.63) is 18.0 Å². The molecule has 2 amide bonds. The molecule has 10 nitrogen and oxygen atoms in total. The highest BCUT2D eigenvalue weighted by Gasteiger charge is 2.38. The highest BCUT2D eigenvalue weighted by atomic mass is 16.6. The fraction of sp³-hybridized carbons (Fsp3) is 0.632. The minimum Gasteiger partial charge on any atom is -0.486 e. The van der Waals surface area contributed by atoms with Crippen LogP contribution in [0.25, 0.3) is 0 Å². The van der Waals surface area contributed by atoms with Crippen LogP contribution in [0.2, 0.25) is 0 Å². The highest BCUT2D eigenvalue weighted by molar-refractivity contribution is 5.69. The lowest BCUT2D eigenvalue weighted by molar-refractivity contribution is -0.0319. The van der Waals surface area contributed by atoms with Crippen molar-refractivity contribution in [2.75, 3.05) is 26.3 Å². The second-order valence-electron chi connectivity index (χ2n) is 8.08. The first-order chi connectivity index (χ1) is 13.6. The monoisotopic (exact) mass is 409 g/mol. The largest absolute Gasteiger partial charge is 0.486 e. The van der Waals surface area contributed by atoms with Crippen molar-refractivity contribution in [2.45, 2.75) is 51.5 Å². The Labute approximate surface area is 169 Å². The summed E-state index contributed by atoms with van der Waals surface area (Å²) in [6.45, 7) is 6.38. The Bertz CT molecular complexity index is 765. The standard InChI is InChI=1S/C19H27N3O7/c1-19(2,3)29-18(26)22(13-4-5-21(17(24)25)11-14(13)23)10-12-8-15-16(9-20-12)28-7-6-27-15/h8-9,13-14,23H,4-7,10-11H2,1-3H3,(H,24,25)/t13-,14-/m1/s1. The van der Waals surface area contributed by atoms with Gasteiger partial charge in [-0.2, -0.15) is 0 Å². The number of carbonyl (C=O) groups is 2. The summed E-state index contributed by atoms with van der Waals surface area (Å²) in [6.07, 6.45) is -0.899. The maximum absolute atomic E-state index is 12.9. The van der Waals surface area contributed by atoms with E-state index in [0.717, 1.165) is 4.90 Å². The second kappa shape index (κ2) is 8.32. The zero-order valence-corrected chi connectivity index (χ0v) is 16.8. The molecule has 1 aromatic heterocycles. The smallest absolute Gasteiger partial charge is 0.410 e. The van der Waals surface area contributed by atoms with Gasteiger partial charge in [0, 0.05) is 12.6 Å². The molecule has 29 heavy (non-hydrogen) atoms. The quantitative estimate of drug-likeness (QED) is 0.774. The summed E-state index contributed by atoms with van der Waals surface area (Å²) < 4.78 is 16.6. The van der Waals surface area contributed by atoms with Crippen molar-refractivity contribution in [1.82, 2.24) is 14.8 Å². The van der Waals surface area contributed by atoms with E-state index in [0.29, 0.717) is 30.4 Å². The number of pyridine rings is 1. The first-order valence-electron chi connectivity index (χ1n) is 9.54. The van der Waals surface area contributed by atoms with E-state index in [1.165, 1.54) is 4.90 Å². The molecule has 2 N–H and O–H groups in total. The molecule has 1 saturated heterocycles. The molecule has 1 aromatic rings. The number of piperidine rings is 1. The van der Waals surface area contributed by atoms with E-state index in [9.17, 15) is 14.7 Å². The Balaban J connectivity index is 1.81. The topological polar surface area (TPSA) is 122 Å². The molecule has 0 aliphatic carbocycles. The number of fused-ring (bicyclic) bond motifs is 1. The molecule has 0 radical (unpaired) electrons. The van der Waals surface area contributed by atoms with Gasteiger partial charge in [-0.05, 0) is 27.2 Å². The number of aromatic nitrogens is 1. The van der Waals surface area contributed by atoms with Gasteiger partial charge in [0.15, 0.2) is 11.5 Å². The summed E-state index contributed by atoms with van der Waals surface area (Å²) in [7, 11) is 0. The number of rotatable bonds is 3. The zero-order chi connectivity index (χ0) is 21.2. The van der Waals surface area contributed by atoms with Gasteiger partial charge >= 0.3 is 12.2 Å². The second-order valence-corrected chi connectivity index (χ2v) is 8.08. The minimum absolute atomic E-state index is 0.0755. The van der Waals surface area contributed by atoms with E-state index >= 15 is 0 Å². The van der Waals surface area contributed by atoms with Crippen LogP contribution in [0.15, 0.2) is 12.3 Å². The van der Waals surface area contributed by atoms with Crippen LogP contribution in [0.3, 0.4) is 0 Å². The molecular weight excluding hydrogens is 382 g/mol. The van der Waals surface area contributed by atoms with Gasteiger partial charge in [0.2, 0.25) is 0 Å². The molecular formula is C19H27N3O7. The lowest BCUT2D eigenvalue weighted by Crippen LogP contribution is -2.57. The predicted octanol–water partition coefficient (Wildman–Crippen LogP) is 1.70. The maximum atomic E-state index is 12.9. The summed E-state index contributed by atoms with van der Waals surface area (Å²) in [4.78, 5) is 31.0. The SMILES string of the molecule is CC(C)(C)OC(=O)N(Cc1cc2c(cn1)OCCO2)[C@@H]1CCN(C(=O)O)C[C@H]1O. The zero-order valence-electron chi connectivity index (χ0n) is 16.8. The lowest BCUT2D eigenvalue weighted by Gasteiger charge is -2.41. The van der Waals surface area contributed by atoms with E-state index in [1.54, 1.807) is 33.0 Å². The molecule has 10 heteroatoms. The first-order valence-corrected chi connectivity index (χ1v) is 9.54. The first kappa shape index (κ1) is 21.0. The van der Waals surface area contributed by atoms with Gasteiger partial charge in [-0.15, -0.1) is 0 Å². The molecule has 0 saturated carbocycles. The third-order valence-electron chi connectivity index (χ3n) is 4.66. The number of carboxylic acid groups (broad SMARTS) is 1. The summed E-state index contributed by atoms with van der Waals surface area (Å²) >= 11 is 0. The van der Waals surface area contributed by atoms with Crippen LogP contribution < -0.4 is 9.47 Å². The van der Waals surface area contributed by atoms with Gasteiger partial charge in [0.05, 0.1) is 37.1 Å². The molecule has 2 atom stereocenters. The van der Waals surface area contributed by atoms with Gasteiger partial charge < -0.3 is 29.3 Å². The number of ether oxygens (including phenoxy) is 3. The molecule has 3 heterocycles. The van der Waals surface area contributed by atoms with E-state index in [1.807, 2.05) is 0 Å². The average Bonchev–Trinajstić information content (AvgIpc) is 2.64. The molecule has 0 aromatic carbocycles. The summed E-state index contributed by atoms with van der Waals surface area (Å²) in [5.74, 6) is 1.09. The molecule has 0 unspecified atom stereocenters. The van der Waals surface area contributed by atoms with Crippen molar-refractivity contribution in [1.29, 1.82) is 0 Å². The Morgan fingerprint density at radius 3 is 2.62 bits per heavy atom. The highest BCUT2D eigenvalue weighted by Crippen LogP contribution is 2.30. The fourth-order valence-corrected chi connectivity index (χ4v) is 3.34. The predicted molar refractivity (Wildman–Crippen MR) is 101 cm³/mol. The van der Waals surface area contributed by atoms with Gasteiger partial charge in [0.1, 0.15) is 18.8 Å².